The van der Waals surface area contributed by atoms with Crippen LogP contribution in [0, 0.1) is 0 Å². The van der Waals surface area contributed by atoms with Gasteiger partial charge in [0.25, 0.3) is 0 Å². The molecule has 0 aliphatic heterocycles. The molecule has 1 aliphatic rings. The van der Waals surface area contributed by atoms with Gasteiger partial charge in [0, 0.05) is 36.4 Å². The lowest BCUT2D eigenvalue weighted by atomic mass is 10.0. The van der Waals surface area contributed by atoms with E-state index in [9.17, 15) is 0 Å². The second-order valence-corrected chi connectivity index (χ2v) is 5.27. The summed E-state index contributed by atoms with van der Waals surface area (Å²) in [7, 11) is 1.93. The molecular weight excluding hydrogens is 246 g/mol. The van der Waals surface area contributed by atoms with Crippen molar-refractivity contribution in [3.63, 3.8) is 0 Å². The van der Waals surface area contributed by atoms with Crippen molar-refractivity contribution in [1.82, 2.24) is 15.1 Å². The molecular formula is C14H16ClN3. The highest BCUT2D eigenvalue weighted by atomic mass is 35.5. The summed E-state index contributed by atoms with van der Waals surface area (Å²) in [5.41, 5.74) is 3.38. The van der Waals surface area contributed by atoms with E-state index in [0.717, 1.165) is 22.8 Å². The van der Waals surface area contributed by atoms with Crippen LogP contribution in [0.5, 0.6) is 0 Å². The van der Waals surface area contributed by atoms with E-state index in [1.807, 2.05) is 36.1 Å². The third-order valence-corrected chi connectivity index (χ3v) is 3.45. The highest BCUT2D eigenvalue weighted by Crippen LogP contribution is 2.26. The maximum atomic E-state index is 6.09. The van der Waals surface area contributed by atoms with Crippen LogP contribution in [0.2, 0.25) is 5.02 Å². The topological polar surface area (TPSA) is 29.9 Å². The smallest absolute Gasteiger partial charge is 0.0926 e. The Labute approximate surface area is 112 Å². The highest BCUT2D eigenvalue weighted by Gasteiger charge is 2.20. The molecule has 0 unspecified atom stereocenters. The standard InChI is InChI=1S/C14H16ClN3/c1-18-7-6-14(17-18)13-5-2-11(15)8-10(13)9-16-12-3-4-12/h2,5-8,12,16H,3-4,9H2,1H3. The fourth-order valence-electron chi connectivity index (χ4n) is 2.06. The van der Waals surface area contributed by atoms with E-state index in [2.05, 4.69) is 16.5 Å². The fourth-order valence-corrected chi connectivity index (χ4v) is 2.25. The molecule has 1 aromatic heterocycles. The van der Waals surface area contributed by atoms with Crippen molar-refractivity contribution < 1.29 is 0 Å². The average molecular weight is 262 g/mol. The van der Waals surface area contributed by atoms with E-state index in [-0.39, 0.29) is 0 Å². The van der Waals surface area contributed by atoms with E-state index < -0.39 is 0 Å². The van der Waals surface area contributed by atoms with Crippen LogP contribution in [0.1, 0.15) is 18.4 Å². The third kappa shape index (κ3) is 2.57. The highest BCUT2D eigenvalue weighted by molar-refractivity contribution is 6.30. The summed E-state index contributed by atoms with van der Waals surface area (Å²) in [5, 5.41) is 8.76. The molecule has 3 rings (SSSR count). The zero-order chi connectivity index (χ0) is 12.5. The van der Waals surface area contributed by atoms with E-state index in [1.54, 1.807) is 0 Å². The van der Waals surface area contributed by atoms with Crippen molar-refractivity contribution in [1.29, 1.82) is 0 Å². The summed E-state index contributed by atoms with van der Waals surface area (Å²) in [4.78, 5) is 0. The first-order valence-electron chi connectivity index (χ1n) is 6.24. The number of halogens is 1. The van der Waals surface area contributed by atoms with Gasteiger partial charge in [-0.15, -0.1) is 0 Å². The molecule has 1 heterocycles. The third-order valence-electron chi connectivity index (χ3n) is 3.22. The Morgan fingerprint density at radius 1 is 1.39 bits per heavy atom. The number of nitrogens with zero attached hydrogens (tertiary/aromatic N) is 2. The van der Waals surface area contributed by atoms with Crippen LogP contribution < -0.4 is 5.32 Å². The van der Waals surface area contributed by atoms with Gasteiger partial charge in [-0.3, -0.25) is 4.68 Å². The Kier molecular flexibility index (Phi) is 3.10. The van der Waals surface area contributed by atoms with E-state index in [0.29, 0.717) is 6.04 Å². The number of aryl methyl sites for hydroxylation is 1. The van der Waals surface area contributed by atoms with E-state index in [4.69, 9.17) is 11.6 Å². The molecule has 0 amide bonds. The lowest BCUT2D eigenvalue weighted by Gasteiger charge is -2.09. The summed E-state index contributed by atoms with van der Waals surface area (Å²) in [6.45, 7) is 0.858. The van der Waals surface area contributed by atoms with Crippen LogP contribution in [0.15, 0.2) is 30.5 Å². The molecule has 3 nitrogen and oxygen atoms in total. The molecule has 18 heavy (non-hydrogen) atoms. The first-order valence-corrected chi connectivity index (χ1v) is 6.62. The van der Waals surface area contributed by atoms with Crippen molar-refractivity contribution in [2.45, 2.75) is 25.4 Å². The number of rotatable bonds is 4. The van der Waals surface area contributed by atoms with E-state index in [1.165, 1.54) is 18.4 Å². The first kappa shape index (κ1) is 11.8. The lowest BCUT2D eigenvalue weighted by Crippen LogP contribution is -2.15. The van der Waals surface area contributed by atoms with Gasteiger partial charge >= 0.3 is 0 Å². The normalized spacial score (nSPS) is 15.0. The Morgan fingerprint density at radius 3 is 2.89 bits per heavy atom. The quantitative estimate of drug-likeness (QED) is 0.917. The van der Waals surface area contributed by atoms with Gasteiger partial charge in [-0.2, -0.15) is 5.10 Å². The summed E-state index contributed by atoms with van der Waals surface area (Å²) in [5.74, 6) is 0. The number of aromatic nitrogens is 2. The zero-order valence-corrected chi connectivity index (χ0v) is 11.1. The van der Waals surface area contributed by atoms with Gasteiger partial charge in [-0.05, 0) is 36.6 Å². The molecule has 0 radical (unpaired) electrons. The fraction of sp³-hybridized carbons (Fsp3) is 0.357. The summed E-state index contributed by atoms with van der Waals surface area (Å²) < 4.78 is 1.82. The van der Waals surface area contributed by atoms with Gasteiger partial charge in [0.2, 0.25) is 0 Å². The molecule has 0 spiro atoms. The molecule has 1 fully saturated rings. The van der Waals surface area contributed by atoms with Crippen molar-refractivity contribution in [2.24, 2.45) is 7.05 Å². The van der Waals surface area contributed by atoms with Crippen LogP contribution >= 0.6 is 11.6 Å². The molecule has 0 saturated heterocycles. The zero-order valence-electron chi connectivity index (χ0n) is 10.4. The minimum Gasteiger partial charge on any atom is -0.310 e. The van der Waals surface area contributed by atoms with Crippen molar-refractivity contribution >= 4 is 11.6 Å². The molecule has 0 bridgehead atoms. The summed E-state index contributed by atoms with van der Waals surface area (Å²) >= 11 is 6.09. The van der Waals surface area contributed by atoms with Gasteiger partial charge in [-0.1, -0.05) is 17.7 Å². The second kappa shape index (κ2) is 4.75. The Morgan fingerprint density at radius 2 is 2.22 bits per heavy atom. The van der Waals surface area contributed by atoms with Crippen molar-refractivity contribution in [2.75, 3.05) is 0 Å². The maximum Gasteiger partial charge on any atom is 0.0926 e. The van der Waals surface area contributed by atoms with E-state index >= 15 is 0 Å². The first-order chi connectivity index (χ1) is 8.72. The van der Waals surface area contributed by atoms with Gasteiger partial charge in [0.15, 0.2) is 0 Å². The van der Waals surface area contributed by atoms with Crippen molar-refractivity contribution in [3.8, 4) is 11.3 Å². The minimum absolute atomic E-state index is 0.695. The van der Waals surface area contributed by atoms with Gasteiger partial charge < -0.3 is 5.32 Å². The van der Waals surface area contributed by atoms with Crippen molar-refractivity contribution in [3.05, 3.63) is 41.0 Å². The van der Waals surface area contributed by atoms with Gasteiger partial charge in [0.1, 0.15) is 0 Å². The largest absolute Gasteiger partial charge is 0.310 e. The Hall–Kier alpha value is -1.32. The van der Waals surface area contributed by atoms with Crippen LogP contribution in [0.25, 0.3) is 11.3 Å². The number of nitrogens with one attached hydrogen (secondary N) is 1. The molecule has 1 aliphatic carbocycles. The molecule has 2 aromatic rings. The van der Waals surface area contributed by atoms with Crippen LogP contribution in [-0.4, -0.2) is 15.8 Å². The summed E-state index contributed by atoms with van der Waals surface area (Å²) in [6.07, 6.45) is 4.54. The molecule has 0 atom stereocenters. The number of hydrogen-bond acceptors (Lipinski definition) is 2. The SMILES string of the molecule is Cn1ccc(-c2ccc(Cl)cc2CNC2CC2)n1. The average Bonchev–Trinajstić information content (AvgIpc) is 3.08. The van der Waals surface area contributed by atoms with Gasteiger partial charge in [0.05, 0.1) is 5.69 Å². The lowest BCUT2D eigenvalue weighted by molar-refractivity contribution is 0.688. The van der Waals surface area contributed by atoms with Gasteiger partial charge in [-0.25, -0.2) is 0 Å². The monoisotopic (exact) mass is 261 g/mol. The minimum atomic E-state index is 0.695. The molecule has 1 N–H and O–H groups in total. The van der Waals surface area contributed by atoms with Crippen LogP contribution in [0.3, 0.4) is 0 Å². The molecule has 4 heteroatoms. The number of benzene rings is 1. The molecule has 1 saturated carbocycles. The molecule has 94 valence electrons. The van der Waals surface area contributed by atoms with Crippen LogP contribution in [-0.2, 0) is 13.6 Å². The predicted octanol–water partition coefficient (Wildman–Crippen LogP) is 2.99. The predicted molar refractivity (Wildman–Crippen MR) is 73.5 cm³/mol. The Balaban J connectivity index is 1.91. The summed E-state index contributed by atoms with van der Waals surface area (Å²) in [6, 6.07) is 8.73. The second-order valence-electron chi connectivity index (χ2n) is 4.83. The Bertz CT molecular complexity index is 558. The molecule has 1 aromatic carbocycles. The maximum absolute atomic E-state index is 6.09. The number of hydrogen-bond donors (Lipinski definition) is 1. The van der Waals surface area contributed by atoms with Crippen LogP contribution in [0.4, 0.5) is 0 Å².